The number of hydrogen-bond acceptors (Lipinski definition) is 5. The van der Waals surface area contributed by atoms with Gasteiger partial charge in [0.1, 0.15) is 6.54 Å². The topological polar surface area (TPSA) is 99.5 Å². The van der Waals surface area contributed by atoms with Gasteiger partial charge in [0, 0.05) is 19.2 Å². The number of nitriles is 1. The van der Waals surface area contributed by atoms with E-state index in [2.05, 4.69) is 5.32 Å². The third kappa shape index (κ3) is 6.61. The first kappa shape index (κ1) is 18.2. The van der Waals surface area contributed by atoms with Gasteiger partial charge in [0.05, 0.1) is 12.5 Å². The van der Waals surface area contributed by atoms with Gasteiger partial charge < -0.3 is 15.0 Å². The van der Waals surface area contributed by atoms with Crippen LogP contribution >= 0.6 is 0 Å². The fraction of sp³-hybridized carbons (Fsp3) is 0.375. The molecule has 0 aliphatic heterocycles. The van der Waals surface area contributed by atoms with E-state index in [0.717, 1.165) is 5.56 Å². The minimum atomic E-state index is -0.701. The van der Waals surface area contributed by atoms with Crippen molar-refractivity contribution in [2.24, 2.45) is 0 Å². The Bertz CT molecular complexity index is 622. The van der Waals surface area contributed by atoms with Gasteiger partial charge in [0.2, 0.25) is 0 Å². The van der Waals surface area contributed by atoms with Gasteiger partial charge in [-0.3, -0.25) is 14.4 Å². The Morgan fingerprint density at radius 3 is 2.74 bits per heavy atom. The SMILES string of the molecule is Cc1cccc(C(=O)NCC(=O)OCC(=O)N(C)CCC#N)c1. The molecule has 1 N–H and O–H groups in total. The van der Waals surface area contributed by atoms with Gasteiger partial charge in [-0.1, -0.05) is 17.7 Å². The normalized spacial score (nSPS) is 9.61. The standard InChI is InChI=1S/C16H19N3O4/c1-12-5-3-6-13(9-12)16(22)18-10-15(21)23-11-14(20)19(2)8-4-7-17/h3,5-6,9H,4,8,10-11H2,1-2H3,(H,18,22). The Hall–Kier alpha value is -2.88. The van der Waals surface area contributed by atoms with Crippen LogP contribution in [0.1, 0.15) is 22.3 Å². The maximum atomic E-state index is 11.8. The highest BCUT2D eigenvalue weighted by molar-refractivity contribution is 5.96. The van der Waals surface area contributed by atoms with Crippen molar-refractivity contribution in [2.75, 3.05) is 26.7 Å². The monoisotopic (exact) mass is 317 g/mol. The smallest absolute Gasteiger partial charge is 0.325 e. The zero-order chi connectivity index (χ0) is 17.2. The lowest BCUT2D eigenvalue weighted by atomic mass is 10.1. The van der Waals surface area contributed by atoms with Crippen LogP contribution in [0.4, 0.5) is 0 Å². The molecule has 0 heterocycles. The summed E-state index contributed by atoms with van der Waals surface area (Å²) in [5.41, 5.74) is 1.39. The molecule has 23 heavy (non-hydrogen) atoms. The Labute approximate surface area is 134 Å². The Kier molecular flexibility index (Phi) is 7.27. The predicted octanol–water partition coefficient (Wildman–Crippen LogP) is 0.640. The summed E-state index contributed by atoms with van der Waals surface area (Å²) in [5, 5.41) is 10.9. The van der Waals surface area contributed by atoms with Gasteiger partial charge in [-0.2, -0.15) is 5.26 Å². The van der Waals surface area contributed by atoms with Gasteiger partial charge in [0.25, 0.3) is 11.8 Å². The zero-order valence-electron chi connectivity index (χ0n) is 13.2. The summed E-state index contributed by atoms with van der Waals surface area (Å²) in [7, 11) is 1.52. The zero-order valence-corrected chi connectivity index (χ0v) is 13.2. The van der Waals surface area contributed by atoms with Crippen LogP contribution < -0.4 is 5.32 Å². The van der Waals surface area contributed by atoms with E-state index in [1.54, 1.807) is 18.2 Å². The molecule has 0 aliphatic rings. The van der Waals surface area contributed by atoms with E-state index in [-0.39, 0.29) is 25.4 Å². The molecule has 2 amide bonds. The third-order valence-electron chi connectivity index (χ3n) is 3.01. The van der Waals surface area contributed by atoms with Crippen molar-refractivity contribution in [3.8, 4) is 6.07 Å². The van der Waals surface area contributed by atoms with Crippen LogP contribution in [-0.2, 0) is 14.3 Å². The van der Waals surface area contributed by atoms with Crippen molar-refractivity contribution in [1.82, 2.24) is 10.2 Å². The number of esters is 1. The number of aryl methyl sites for hydroxylation is 1. The Morgan fingerprint density at radius 1 is 1.35 bits per heavy atom. The molecular formula is C16H19N3O4. The van der Waals surface area contributed by atoms with Crippen LogP contribution in [0.5, 0.6) is 0 Å². The number of nitrogens with one attached hydrogen (secondary N) is 1. The Morgan fingerprint density at radius 2 is 2.09 bits per heavy atom. The molecule has 7 heteroatoms. The van der Waals surface area contributed by atoms with E-state index in [9.17, 15) is 14.4 Å². The third-order valence-corrected chi connectivity index (χ3v) is 3.01. The van der Waals surface area contributed by atoms with Crippen LogP contribution in [-0.4, -0.2) is 49.4 Å². The lowest BCUT2D eigenvalue weighted by Crippen LogP contribution is -2.35. The van der Waals surface area contributed by atoms with Gasteiger partial charge in [-0.05, 0) is 19.1 Å². The van der Waals surface area contributed by atoms with Gasteiger partial charge in [-0.15, -0.1) is 0 Å². The van der Waals surface area contributed by atoms with E-state index in [4.69, 9.17) is 10.00 Å². The molecule has 1 rings (SSSR count). The molecule has 0 saturated carbocycles. The second kappa shape index (κ2) is 9.20. The van der Waals surface area contributed by atoms with Crippen LogP contribution in [0.2, 0.25) is 0 Å². The van der Waals surface area contributed by atoms with E-state index in [0.29, 0.717) is 5.56 Å². The van der Waals surface area contributed by atoms with Crippen LogP contribution in [0, 0.1) is 18.3 Å². The lowest BCUT2D eigenvalue weighted by Gasteiger charge is -2.15. The first-order chi connectivity index (χ1) is 10.9. The summed E-state index contributed by atoms with van der Waals surface area (Å²) in [4.78, 5) is 36.3. The molecule has 1 aromatic carbocycles. The fourth-order valence-electron chi connectivity index (χ4n) is 1.69. The predicted molar refractivity (Wildman–Crippen MR) is 82.3 cm³/mol. The van der Waals surface area contributed by atoms with E-state index < -0.39 is 18.5 Å². The van der Waals surface area contributed by atoms with Gasteiger partial charge in [0.15, 0.2) is 6.61 Å². The largest absolute Gasteiger partial charge is 0.454 e. The number of hydrogen-bond donors (Lipinski definition) is 1. The van der Waals surface area contributed by atoms with Crippen LogP contribution in [0.25, 0.3) is 0 Å². The first-order valence-electron chi connectivity index (χ1n) is 7.05. The highest BCUT2D eigenvalue weighted by atomic mass is 16.5. The quantitative estimate of drug-likeness (QED) is 0.744. The molecule has 0 fully saturated rings. The van der Waals surface area contributed by atoms with Crippen molar-refractivity contribution in [1.29, 1.82) is 5.26 Å². The molecule has 1 aromatic rings. The minimum absolute atomic E-state index is 0.211. The number of carbonyl (C=O) groups excluding carboxylic acids is 3. The molecule has 0 unspecified atom stereocenters. The summed E-state index contributed by atoms with van der Waals surface area (Å²) in [6.07, 6.45) is 0.211. The number of amides is 2. The summed E-state index contributed by atoms with van der Waals surface area (Å²) in [6, 6.07) is 8.87. The van der Waals surface area contributed by atoms with Crippen molar-refractivity contribution < 1.29 is 19.1 Å². The number of ether oxygens (including phenoxy) is 1. The second-order valence-electron chi connectivity index (χ2n) is 4.94. The van der Waals surface area contributed by atoms with Crippen molar-refractivity contribution in [3.05, 3.63) is 35.4 Å². The summed E-state index contributed by atoms with van der Waals surface area (Å²) in [5.74, 6) is -1.49. The molecule has 0 spiro atoms. The molecule has 0 radical (unpaired) electrons. The average molecular weight is 317 g/mol. The number of carbonyl (C=O) groups is 3. The van der Waals surface area contributed by atoms with Crippen LogP contribution in [0.3, 0.4) is 0 Å². The van der Waals surface area contributed by atoms with Gasteiger partial charge in [-0.25, -0.2) is 0 Å². The number of benzene rings is 1. The number of nitrogens with zero attached hydrogens (tertiary/aromatic N) is 2. The second-order valence-corrected chi connectivity index (χ2v) is 4.94. The molecular weight excluding hydrogens is 298 g/mol. The average Bonchev–Trinajstić information content (AvgIpc) is 2.55. The fourth-order valence-corrected chi connectivity index (χ4v) is 1.69. The summed E-state index contributed by atoms with van der Waals surface area (Å²) >= 11 is 0. The molecule has 0 aliphatic carbocycles. The number of rotatable bonds is 7. The maximum absolute atomic E-state index is 11.8. The Balaban J connectivity index is 2.33. The highest BCUT2D eigenvalue weighted by Crippen LogP contribution is 2.03. The maximum Gasteiger partial charge on any atom is 0.325 e. The summed E-state index contributed by atoms with van der Waals surface area (Å²) in [6.45, 7) is 1.40. The molecule has 0 bridgehead atoms. The van der Waals surface area contributed by atoms with Crippen LogP contribution in [0.15, 0.2) is 24.3 Å². The van der Waals surface area contributed by atoms with Crippen molar-refractivity contribution in [2.45, 2.75) is 13.3 Å². The molecule has 0 atom stereocenters. The van der Waals surface area contributed by atoms with E-state index in [1.165, 1.54) is 11.9 Å². The highest BCUT2D eigenvalue weighted by Gasteiger charge is 2.13. The van der Waals surface area contributed by atoms with E-state index >= 15 is 0 Å². The minimum Gasteiger partial charge on any atom is -0.454 e. The number of likely N-dealkylation sites (N-methyl/N-ethyl adjacent to an activating group) is 1. The molecule has 0 saturated heterocycles. The summed E-state index contributed by atoms with van der Waals surface area (Å²) < 4.78 is 4.79. The lowest BCUT2D eigenvalue weighted by molar-refractivity contribution is -0.150. The molecule has 0 aromatic heterocycles. The van der Waals surface area contributed by atoms with E-state index in [1.807, 2.05) is 19.1 Å². The van der Waals surface area contributed by atoms with Crippen molar-refractivity contribution >= 4 is 17.8 Å². The first-order valence-corrected chi connectivity index (χ1v) is 7.05. The molecule has 122 valence electrons. The van der Waals surface area contributed by atoms with Gasteiger partial charge >= 0.3 is 5.97 Å². The molecule has 7 nitrogen and oxygen atoms in total. The van der Waals surface area contributed by atoms with Crippen molar-refractivity contribution in [3.63, 3.8) is 0 Å².